The number of nitrogens with two attached hydrogens (primary N) is 1. The molecule has 0 saturated heterocycles. The van der Waals surface area contributed by atoms with Crippen LogP contribution in [0.3, 0.4) is 0 Å². The first kappa shape index (κ1) is 16.8. The summed E-state index contributed by atoms with van der Waals surface area (Å²) in [6.45, 7) is 3.16. The summed E-state index contributed by atoms with van der Waals surface area (Å²) in [5, 5.41) is 3.14. The molecule has 2 fully saturated rings. The molecule has 19 heavy (non-hydrogen) atoms. The fourth-order valence-corrected chi connectivity index (χ4v) is 3.53. The van der Waals surface area contributed by atoms with Gasteiger partial charge in [0.15, 0.2) is 0 Å². The summed E-state index contributed by atoms with van der Waals surface area (Å²) in [6.07, 6.45) is 9.69. The zero-order chi connectivity index (χ0) is 13.0. The van der Waals surface area contributed by atoms with E-state index in [4.69, 9.17) is 5.73 Å². The molecule has 4 heteroatoms. The summed E-state index contributed by atoms with van der Waals surface area (Å²) in [5.74, 6) is 1.92. The van der Waals surface area contributed by atoms with Gasteiger partial charge in [-0.25, -0.2) is 0 Å². The lowest BCUT2D eigenvalue weighted by Gasteiger charge is -2.28. The van der Waals surface area contributed by atoms with Crippen LogP contribution in [0.25, 0.3) is 0 Å². The van der Waals surface area contributed by atoms with E-state index in [-0.39, 0.29) is 30.3 Å². The molecule has 2 rings (SSSR count). The first-order chi connectivity index (χ1) is 8.70. The van der Waals surface area contributed by atoms with E-state index in [1.165, 1.54) is 32.1 Å². The molecule has 2 saturated carbocycles. The summed E-state index contributed by atoms with van der Waals surface area (Å²) in [4.78, 5) is 12.0. The van der Waals surface area contributed by atoms with Gasteiger partial charge >= 0.3 is 0 Å². The quantitative estimate of drug-likeness (QED) is 0.836. The van der Waals surface area contributed by atoms with E-state index >= 15 is 0 Å². The molecular weight excluding hydrogens is 260 g/mol. The zero-order valence-corrected chi connectivity index (χ0v) is 12.9. The van der Waals surface area contributed by atoms with Crippen LogP contribution in [-0.2, 0) is 4.79 Å². The van der Waals surface area contributed by atoms with E-state index in [2.05, 4.69) is 12.2 Å². The van der Waals surface area contributed by atoms with Gasteiger partial charge in [-0.3, -0.25) is 4.79 Å². The number of carbonyl (C=O) groups is 1. The van der Waals surface area contributed by atoms with Gasteiger partial charge < -0.3 is 11.1 Å². The third-order valence-electron chi connectivity index (χ3n) is 5.01. The average molecular weight is 289 g/mol. The van der Waals surface area contributed by atoms with Gasteiger partial charge in [0.25, 0.3) is 0 Å². The van der Waals surface area contributed by atoms with Crippen molar-refractivity contribution in [2.45, 2.75) is 64.3 Å². The number of amides is 1. The minimum Gasteiger partial charge on any atom is -0.356 e. The third kappa shape index (κ3) is 4.64. The molecule has 2 atom stereocenters. The number of hydrogen-bond acceptors (Lipinski definition) is 2. The Balaban J connectivity index is 0.00000180. The molecule has 2 aliphatic carbocycles. The highest BCUT2D eigenvalue weighted by Gasteiger charge is 2.30. The summed E-state index contributed by atoms with van der Waals surface area (Å²) < 4.78 is 0. The highest BCUT2D eigenvalue weighted by Crippen LogP contribution is 2.30. The monoisotopic (exact) mass is 288 g/mol. The molecule has 0 aromatic carbocycles. The molecule has 0 heterocycles. The van der Waals surface area contributed by atoms with Crippen LogP contribution in [0.5, 0.6) is 0 Å². The van der Waals surface area contributed by atoms with Gasteiger partial charge in [0, 0.05) is 12.6 Å². The minimum atomic E-state index is 0. The maximum atomic E-state index is 12.0. The standard InChI is InChI=1S/C15H28N2O.ClH/c1-2-11-6-8-12(9-7-11)10-17-15(18)13-4-3-5-14(13)16;/h11-14H,2-10,16H2,1H3,(H,17,18);1H. The Labute approximate surface area is 123 Å². The molecule has 2 aliphatic rings. The summed E-state index contributed by atoms with van der Waals surface area (Å²) in [6, 6.07) is 0.0980. The van der Waals surface area contributed by atoms with Crippen molar-refractivity contribution in [2.24, 2.45) is 23.5 Å². The lowest BCUT2D eigenvalue weighted by atomic mass is 9.81. The van der Waals surface area contributed by atoms with Gasteiger partial charge in [0.1, 0.15) is 0 Å². The second-order valence-corrected chi connectivity index (χ2v) is 6.24. The van der Waals surface area contributed by atoms with Gasteiger partial charge in [-0.1, -0.05) is 32.6 Å². The lowest BCUT2D eigenvalue weighted by molar-refractivity contribution is -0.125. The number of halogens is 1. The predicted molar refractivity (Wildman–Crippen MR) is 81.3 cm³/mol. The van der Waals surface area contributed by atoms with Gasteiger partial charge in [-0.15, -0.1) is 12.4 Å². The highest BCUT2D eigenvalue weighted by molar-refractivity contribution is 5.85. The van der Waals surface area contributed by atoms with Crippen molar-refractivity contribution < 1.29 is 4.79 Å². The Hall–Kier alpha value is -0.280. The van der Waals surface area contributed by atoms with Crippen LogP contribution >= 0.6 is 12.4 Å². The number of carbonyl (C=O) groups excluding carboxylic acids is 1. The molecule has 0 spiro atoms. The van der Waals surface area contributed by atoms with Crippen LogP contribution in [-0.4, -0.2) is 18.5 Å². The van der Waals surface area contributed by atoms with E-state index in [0.29, 0.717) is 5.92 Å². The first-order valence-corrected chi connectivity index (χ1v) is 7.74. The molecule has 0 radical (unpaired) electrons. The van der Waals surface area contributed by atoms with E-state index in [0.717, 1.165) is 31.7 Å². The predicted octanol–water partition coefficient (Wildman–Crippen LogP) is 2.87. The normalized spacial score (nSPS) is 34.6. The summed E-state index contributed by atoms with van der Waals surface area (Å²) in [5.41, 5.74) is 5.96. The molecule has 3 nitrogen and oxygen atoms in total. The molecule has 0 aromatic rings. The fourth-order valence-electron chi connectivity index (χ4n) is 3.53. The van der Waals surface area contributed by atoms with Gasteiger partial charge in [0.05, 0.1) is 5.92 Å². The maximum absolute atomic E-state index is 12.0. The lowest BCUT2D eigenvalue weighted by Crippen LogP contribution is -2.40. The van der Waals surface area contributed by atoms with Crippen LogP contribution in [0.4, 0.5) is 0 Å². The van der Waals surface area contributed by atoms with Crippen LogP contribution in [0.2, 0.25) is 0 Å². The van der Waals surface area contributed by atoms with E-state index in [1.807, 2.05) is 0 Å². The molecule has 0 aliphatic heterocycles. The molecule has 112 valence electrons. The largest absolute Gasteiger partial charge is 0.356 e. The number of nitrogens with one attached hydrogen (secondary N) is 1. The minimum absolute atomic E-state index is 0. The van der Waals surface area contributed by atoms with Crippen molar-refractivity contribution in [3.8, 4) is 0 Å². The molecule has 1 amide bonds. The SMILES string of the molecule is CCC1CCC(CNC(=O)C2CCCC2N)CC1.Cl. The van der Waals surface area contributed by atoms with Gasteiger partial charge in [0.2, 0.25) is 5.91 Å². The molecule has 3 N–H and O–H groups in total. The third-order valence-corrected chi connectivity index (χ3v) is 5.01. The summed E-state index contributed by atoms with van der Waals surface area (Å²) >= 11 is 0. The van der Waals surface area contributed by atoms with Crippen LogP contribution < -0.4 is 11.1 Å². The Morgan fingerprint density at radius 1 is 1.11 bits per heavy atom. The van der Waals surface area contributed by atoms with Gasteiger partial charge in [-0.2, -0.15) is 0 Å². The maximum Gasteiger partial charge on any atom is 0.224 e. The Kier molecular flexibility index (Phi) is 7.16. The topological polar surface area (TPSA) is 55.1 Å². The van der Waals surface area contributed by atoms with Crippen LogP contribution in [0.1, 0.15) is 58.3 Å². The molecule has 0 aromatic heterocycles. The van der Waals surface area contributed by atoms with Crippen molar-refractivity contribution in [3.05, 3.63) is 0 Å². The molecular formula is C15H29ClN2O. The van der Waals surface area contributed by atoms with Crippen molar-refractivity contribution >= 4 is 18.3 Å². The van der Waals surface area contributed by atoms with Crippen LogP contribution in [0.15, 0.2) is 0 Å². The van der Waals surface area contributed by atoms with Gasteiger partial charge in [-0.05, 0) is 37.5 Å². The van der Waals surface area contributed by atoms with Crippen molar-refractivity contribution in [3.63, 3.8) is 0 Å². The van der Waals surface area contributed by atoms with Crippen LogP contribution in [0, 0.1) is 17.8 Å². The highest BCUT2D eigenvalue weighted by atomic mass is 35.5. The number of hydrogen-bond donors (Lipinski definition) is 2. The first-order valence-electron chi connectivity index (χ1n) is 7.74. The second kappa shape index (κ2) is 8.11. The Morgan fingerprint density at radius 3 is 2.26 bits per heavy atom. The molecule has 0 bridgehead atoms. The van der Waals surface area contributed by atoms with E-state index in [1.54, 1.807) is 0 Å². The van der Waals surface area contributed by atoms with Crippen molar-refractivity contribution in [1.29, 1.82) is 0 Å². The molecule has 2 unspecified atom stereocenters. The van der Waals surface area contributed by atoms with E-state index < -0.39 is 0 Å². The summed E-state index contributed by atoms with van der Waals surface area (Å²) in [7, 11) is 0. The van der Waals surface area contributed by atoms with Crippen molar-refractivity contribution in [1.82, 2.24) is 5.32 Å². The van der Waals surface area contributed by atoms with Crippen molar-refractivity contribution in [2.75, 3.05) is 6.54 Å². The fraction of sp³-hybridized carbons (Fsp3) is 0.933. The Morgan fingerprint density at radius 2 is 1.74 bits per heavy atom. The second-order valence-electron chi connectivity index (χ2n) is 6.24. The zero-order valence-electron chi connectivity index (χ0n) is 12.1. The smallest absolute Gasteiger partial charge is 0.224 e. The van der Waals surface area contributed by atoms with E-state index in [9.17, 15) is 4.79 Å². The number of rotatable bonds is 4. The Bertz CT molecular complexity index is 277. The average Bonchev–Trinajstić information content (AvgIpc) is 2.83.